The highest BCUT2D eigenvalue weighted by Crippen LogP contribution is 2.43. The zero-order valence-corrected chi connectivity index (χ0v) is 11.1. The van der Waals surface area contributed by atoms with Crippen molar-refractivity contribution in [2.24, 2.45) is 0 Å². The highest BCUT2D eigenvalue weighted by atomic mass is 16.6. The van der Waals surface area contributed by atoms with Gasteiger partial charge in [-0.25, -0.2) is 0 Å². The number of epoxide rings is 1. The summed E-state index contributed by atoms with van der Waals surface area (Å²) in [5.41, 5.74) is 2.63. The highest BCUT2D eigenvalue weighted by molar-refractivity contribution is 6.04. The number of ether oxygens (including phenoxy) is 1. The average Bonchev–Trinajstić information content (AvgIpc) is 2.84. The lowest BCUT2D eigenvalue weighted by Crippen LogP contribution is -2.20. The van der Waals surface area contributed by atoms with Gasteiger partial charge in [-0.15, -0.1) is 0 Å². The number of hydrogen-bond donors (Lipinski definition) is 0. The van der Waals surface area contributed by atoms with E-state index in [1.54, 1.807) is 6.26 Å². The first-order chi connectivity index (χ1) is 8.51. The Bertz CT molecular complexity index is 538. The number of allylic oxidation sites excluding steroid dienone is 2. The van der Waals surface area contributed by atoms with E-state index in [9.17, 15) is 4.79 Å². The average molecular weight is 246 g/mol. The van der Waals surface area contributed by atoms with Gasteiger partial charge in [0, 0.05) is 6.42 Å². The number of ketones is 1. The first-order valence-electron chi connectivity index (χ1n) is 6.46. The van der Waals surface area contributed by atoms with Crippen molar-refractivity contribution in [3.05, 3.63) is 34.8 Å². The molecule has 1 aliphatic heterocycles. The molecule has 3 rings (SSSR count). The van der Waals surface area contributed by atoms with Crippen molar-refractivity contribution in [1.82, 2.24) is 0 Å². The number of carbonyl (C=O) groups is 1. The monoisotopic (exact) mass is 246 g/mol. The van der Waals surface area contributed by atoms with Crippen LogP contribution in [-0.4, -0.2) is 17.5 Å². The van der Waals surface area contributed by atoms with Crippen molar-refractivity contribution in [2.75, 3.05) is 0 Å². The summed E-state index contributed by atoms with van der Waals surface area (Å²) in [6.07, 6.45) is 6.21. The third kappa shape index (κ3) is 1.74. The second kappa shape index (κ2) is 3.82. The lowest BCUT2D eigenvalue weighted by molar-refractivity contribution is 0.0951. The molecule has 1 aliphatic carbocycles. The Morgan fingerprint density at radius 1 is 1.39 bits per heavy atom. The molecule has 0 saturated carbocycles. The molecule has 3 heteroatoms. The Hall–Kier alpha value is -1.35. The van der Waals surface area contributed by atoms with E-state index in [4.69, 9.17) is 9.15 Å². The minimum absolute atomic E-state index is 0.0912. The predicted octanol–water partition coefficient (Wildman–Crippen LogP) is 3.21. The number of rotatable bonds is 0. The second-order valence-corrected chi connectivity index (χ2v) is 5.66. The summed E-state index contributed by atoms with van der Waals surface area (Å²) in [6.45, 7) is 6.03. The third-order valence-electron chi connectivity index (χ3n) is 3.99. The molecule has 1 saturated heterocycles. The van der Waals surface area contributed by atoms with Crippen LogP contribution in [0.2, 0.25) is 0 Å². The SMILES string of the molecule is CC1=CCCC2(C)O[C@@H]2C(=O)c2c(C)coc2C1. The van der Waals surface area contributed by atoms with E-state index >= 15 is 0 Å². The van der Waals surface area contributed by atoms with Crippen molar-refractivity contribution < 1.29 is 13.9 Å². The van der Waals surface area contributed by atoms with Gasteiger partial charge < -0.3 is 9.15 Å². The Morgan fingerprint density at radius 3 is 2.94 bits per heavy atom. The molecule has 0 aromatic carbocycles. The van der Waals surface area contributed by atoms with Crippen molar-refractivity contribution in [3.63, 3.8) is 0 Å². The van der Waals surface area contributed by atoms with E-state index in [1.807, 2.05) is 13.8 Å². The van der Waals surface area contributed by atoms with Crippen LogP contribution >= 0.6 is 0 Å². The van der Waals surface area contributed by atoms with Crippen molar-refractivity contribution in [3.8, 4) is 0 Å². The smallest absolute Gasteiger partial charge is 0.198 e. The summed E-state index contributed by atoms with van der Waals surface area (Å²) in [7, 11) is 0. The van der Waals surface area contributed by atoms with Crippen LogP contribution in [0.15, 0.2) is 22.3 Å². The molecule has 2 aliphatic rings. The van der Waals surface area contributed by atoms with Crippen LogP contribution in [0.25, 0.3) is 0 Å². The van der Waals surface area contributed by atoms with Gasteiger partial charge in [0.25, 0.3) is 0 Å². The molecule has 18 heavy (non-hydrogen) atoms. The number of furan rings is 1. The van der Waals surface area contributed by atoms with Crippen LogP contribution < -0.4 is 0 Å². The molecule has 1 aromatic heterocycles. The normalized spacial score (nSPS) is 31.4. The van der Waals surface area contributed by atoms with Gasteiger partial charge in [0.1, 0.15) is 17.5 Å². The van der Waals surface area contributed by atoms with E-state index in [1.165, 1.54) is 5.57 Å². The van der Waals surface area contributed by atoms with Gasteiger partial charge in [-0.05, 0) is 39.2 Å². The molecule has 0 N–H and O–H groups in total. The zero-order valence-electron chi connectivity index (χ0n) is 11.1. The summed E-state index contributed by atoms with van der Waals surface area (Å²) in [4.78, 5) is 12.5. The standard InChI is InChI=1S/C15H18O3/c1-9-5-4-6-15(3)14(18-15)13(16)12-10(2)8-17-11(12)7-9/h5,8,14H,4,6-7H2,1-3H3/t14-,15?/m1/s1. The first kappa shape index (κ1) is 11.7. The second-order valence-electron chi connectivity index (χ2n) is 5.66. The van der Waals surface area contributed by atoms with Crippen molar-refractivity contribution in [2.45, 2.75) is 51.7 Å². The molecule has 1 unspecified atom stereocenters. The third-order valence-corrected chi connectivity index (χ3v) is 3.99. The maximum Gasteiger partial charge on any atom is 0.198 e. The molecular formula is C15H18O3. The summed E-state index contributed by atoms with van der Waals surface area (Å²) in [5.74, 6) is 0.874. The molecule has 0 spiro atoms. The van der Waals surface area contributed by atoms with Crippen LogP contribution in [-0.2, 0) is 11.2 Å². The first-order valence-corrected chi connectivity index (χ1v) is 6.46. The number of fused-ring (bicyclic) bond motifs is 2. The van der Waals surface area contributed by atoms with Gasteiger partial charge in [-0.3, -0.25) is 4.79 Å². The largest absolute Gasteiger partial charge is 0.468 e. The zero-order chi connectivity index (χ0) is 12.9. The summed E-state index contributed by atoms with van der Waals surface area (Å²) >= 11 is 0. The van der Waals surface area contributed by atoms with Gasteiger partial charge in [-0.1, -0.05) is 11.6 Å². The van der Waals surface area contributed by atoms with Crippen LogP contribution in [0.5, 0.6) is 0 Å². The van der Waals surface area contributed by atoms with E-state index < -0.39 is 0 Å². The van der Waals surface area contributed by atoms with Crippen molar-refractivity contribution >= 4 is 5.78 Å². The fourth-order valence-corrected chi connectivity index (χ4v) is 2.78. The molecule has 2 heterocycles. The molecule has 3 nitrogen and oxygen atoms in total. The molecule has 0 radical (unpaired) electrons. The molecule has 0 bridgehead atoms. The van der Waals surface area contributed by atoms with Crippen LogP contribution in [0.4, 0.5) is 0 Å². The number of carbonyl (C=O) groups excluding carboxylic acids is 1. The Kier molecular flexibility index (Phi) is 2.49. The molecule has 1 aromatic rings. The fourth-order valence-electron chi connectivity index (χ4n) is 2.78. The maximum absolute atomic E-state index is 12.5. The molecule has 96 valence electrons. The van der Waals surface area contributed by atoms with E-state index in [0.717, 1.165) is 36.1 Å². The highest BCUT2D eigenvalue weighted by Gasteiger charge is 2.56. The van der Waals surface area contributed by atoms with E-state index in [0.29, 0.717) is 0 Å². The fraction of sp³-hybridized carbons (Fsp3) is 0.533. The minimum atomic E-state index is -0.278. The predicted molar refractivity (Wildman–Crippen MR) is 67.7 cm³/mol. The van der Waals surface area contributed by atoms with Crippen LogP contribution in [0.3, 0.4) is 0 Å². The molecule has 2 atom stereocenters. The molecular weight excluding hydrogens is 228 g/mol. The van der Waals surface area contributed by atoms with Crippen LogP contribution in [0, 0.1) is 6.92 Å². The Labute approximate surface area is 107 Å². The van der Waals surface area contributed by atoms with Gasteiger partial charge >= 0.3 is 0 Å². The molecule has 0 amide bonds. The summed E-state index contributed by atoms with van der Waals surface area (Å²) in [5, 5.41) is 0. The lowest BCUT2D eigenvalue weighted by Gasteiger charge is -2.08. The van der Waals surface area contributed by atoms with Crippen molar-refractivity contribution in [1.29, 1.82) is 0 Å². The lowest BCUT2D eigenvalue weighted by atomic mass is 9.91. The van der Waals surface area contributed by atoms with Gasteiger partial charge in [0.05, 0.1) is 11.8 Å². The molecule has 1 fully saturated rings. The van der Waals surface area contributed by atoms with Gasteiger partial charge in [-0.2, -0.15) is 0 Å². The van der Waals surface area contributed by atoms with Gasteiger partial charge in [0.15, 0.2) is 5.78 Å². The topological polar surface area (TPSA) is 42.7 Å². The van der Waals surface area contributed by atoms with Gasteiger partial charge in [0.2, 0.25) is 0 Å². The Morgan fingerprint density at radius 2 is 2.17 bits per heavy atom. The maximum atomic E-state index is 12.5. The number of hydrogen-bond acceptors (Lipinski definition) is 3. The minimum Gasteiger partial charge on any atom is -0.468 e. The number of Topliss-reactive ketones (excluding diaryl/α,β-unsaturated/α-hetero) is 1. The van der Waals surface area contributed by atoms with Crippen LogP contribution in [0.1, 0.15) is 48.4 Å². The Balaban J connectivity index is 2.05. The summed E-state index contributed by atoms with van der Waals surface area (Å²) < 4.78 is 11.2. The van der Waals surface area contributed by atoms with E-state index in [-0.39, 0.29) is 17.5 Å². The quantitative estimate of drug-likeness (QED) is 0.521. The summed E-state index contributed by atoms with van der Waals surface area (Å²) in [6, 6.07) is 0. The van der Waals surface area contributed by atoms with E-state index in [2.05, 4.69) is 13.0 Å². The number of aryl methyl sites for hydroxylation is 1.